The van der Waals surface area contributed by atoms with Crippen LogP contribution in [0.25, 0.3) is 0 Å². The Hall–Kier alpha value is -1.31. The maximum Gasteiger partial charge on any atom is 0.119 e. The average Bonchev–Trinajstić information content (AvgIpc) is 2.53. The highest BCUT2D eigenvalue weighted by Gasteiger charge is 2.20. The van der Waals surface area contributed by atoms with E-state index >= 15 is 0 Å². The van der Waals surface area contributed by atoms with Gasteiger partial charge in [-0.3, -0.25) is 0 Å². The molecule has 0 aliphatic heterocycles. The number of allylic oxidation sites excluding steroid dienone is 1. The maximum absolute atomic E-state index is 12.2. The molecule has 0 heterocycles. The molecular weight excluding hydrogens is 263 g/mol. The topological polar surface area (TPSA) is 9.23 Å². The van der Waals surface area contributed by atoms with Gasteiger partial charge in [-0.15, -0.1) is 0 Å². The van der Waals surface area contributed by atoms with Gasteiger partial charge in [0, 0.05) is 0 Å². The van der Waals surface area contributed by atoms with Gasteiger partial charge in [-0.05, 0) is 61.6 Å². The lowest BCUT2D eigenvalue weighted by molar-refractivity contribution is 0.306. The molecule has 0 saturated heterocycles. The highest BCUT2D eigenvalue weighted by Crippen LogP contribution is 2.36. The van der Waals surface area contributed by atoms with Gasteiger partial charge >= 0.3 is 0 Å². The van der Waals surface area contributed by atoms with E-state index in [4.69, 9.17) is 4.74 Å². The summed E-state index contributed by atoms with van der Waals surface area (Å²) in [5.74, 6) is 2.04. The van der Waals surface area contributed by atoms with Crippen LogP contribution in [0.2, 0.25) is 0 Å². The Labute approximate surface area is 128 Å². The van der Waals surface area contributed by atoms with Crippen molar-refractivity contribution in [2.75, 3.05) is 6.61 Å². The van der Waals surface area contributed by atoms with E-state index in [-0.39, 0.29) is 0 Å². The van der Waals surface area contributed by atoms with Crippen LogP contribution in [0.5, 0.6) is 5.75 Å². The Kier molecular flexibility index (Phi) is 6.78. The van der Waals surface area contributed by atoms with Crippen LogP contribution >= 0.6 is 0 Å². The summed E-state index contributed by atoms with van der Waals surface area (Å²) in [4.78, 5) is 0. The molecule has 1 nitrogen and oxygen atoms in total. The largest absolute Gasteiger partial charge is 0.494 e. The van der Waals surface area contributed by atoms with Gasteiger partial charge in [0.25, 0.3) is 0 Å². The monoisotopic (exact) mass is 290 g/mol. The number of benzene rings is 1. The number of rotatable bonds is 7. The molecule has 2 heteroatoms. The van der Waals surface area contributed by atoms with E-state index in [9.17, 15) is 4.39 Å². The van der Waals surface area contributed by atoms with E-state index in [1.54, 1.807) is 6.08 Å². The molecule has 0 spiro atoms. The first-order valence-electron chi connectivity index (χ1n) is 8.33. The fraction of sp³-hybridized carbons (Fsp3) is 0.579. The molecular formula is C19H27FO. The zero-order chi connectivity index (χ0) is 14.9. The molecule has 1 fully saturated rings. The van der Waals surface area contributed by atoms with Crippen LogP contribution in [0.15, 0.2) is 36.7 Å². The lowest BCUT2D eigenvalue weighted by Crippen LogP contribution is -2.11. The number of hydrogen-bond acceptors (Lipinski definition) is 1. The van der Waals surface area contributed by atoms with E-state index < -0.39 is 0 Å². The number of unbranched alkanes of at least 4 members (excludes halogenated alkanes) is 2. The van der Waals surface area contributed by atoms with Crippen molar-refractivity contribution in [1.82, 2.24) is 0 Å². The molecule has 0 N–H and O–H groups in total. The lowest BCUT2D eigenvalue weighted by Gasteiger charge is -2.26. The van der Waals surface area contributed by atoms with Crippen LogP contribution in [0.1, 0.15) is 63.4 Å². The Bertz CT molecular complexity index is 416. The molecule has 0 radical (unpaired) electrons. The minimum atomic E-state index is 0.437. The van der Waals surface area contributed by atoms with Gasteiger partial charge in [0.05, 0.1) is 12.9 Å². The minimum absolute atomic E-state index is 0.437. The van der Waals surface area contributed by atoms with Gasteiger partial charge in [0.2, 0.25) is 0 Å². The summed E-state index contributed by atoms with van der Waals surface area (Å²) >= 11 is 0. The van der Waals surface area contributed by atoms with Gasteiger partial charge < -0.3 is 4.74 Å². The maximum atomic E-state index is 12.2. The second-order valence-electron chi connectivity index (χ2n) is 6.05. The van der Waals surface area contributed by atoms with Gasteiger partial charge in [-0.1, -0.05) is 38.0 Å². The average molecular weight is 290 g/mol. The number of ether oxygens (including phenoxy) is 1. The van der Waals surface area contributed by atoms with Gasteiger partial charge in [-0.2, -0.15) is 0 Å². The molecule has 21 heavy (non-hydrogen) atoms. The molecule has 116 valence electrons. The summed E-state index contributed by atoms with van der Waals surface area (Å²) in [6.45, 7) is 3.01. The van der Waals surface area contributed by atoms with Crippen LogP contribution in [-0.2, 0) is 0 Å². The minimum Gasteiger partial charge on any atom is -0.494 e. The number of halogens is 1. The Morgan fingerprint density at radius 2 is 1.81 bits per heavy atom. The van der Waals surface area contributed by atoms with Gasteiger partial charge in [-0.25, -0.2) is 4.39 Å². The molecule has 1 saturated carbocycles. The number of hydrogen-bond donors (Lipinski definition) is 0. The first kappa shape index (κ1) is 16.1. The van der Waals surface area contributed by atoms with Crippen molar-refractivity contribution >= 4 is 0 Å². The quantitative estimate of drug-likeness (QED) is 0.558. The molecule has 0 unspecified atom stereocenters. The Morgan fingerprint density at radius 1 is 1.10 bits per heavy atom. The van der Waals surface area contributed by atoms with Crippen molar-refractivity contribution in [1.29, 1.82) is 0 Å². The van der Waals surface area contributed by atoms with Gasteiger partial charge in [0.15, 0.2) is 0 Å². The second kappa shape index (κ2) is 8.86. The molecule has 1 aromatic rings. The summed E-state index contributed by atoms with van der Waals surface area (Å²) in [5, 5.41) is 0. The van der Waals surface area contributed by atoms with Crippen molar-refractivity contribution in [2.24, 2.45) is 5.92 Å². The third-order valence-electron chi connectivity index (χ3n) is 4.48. The van der Waals surface area contributed by atoms with Gasteiger partial charge in [0.1, 0.15) is 5.75 Å². The lowest BCUT2D eigenvalue weighted by atomic mass is 9.79. The normalized spacial score (nSPS) is 22.6. The first-order valence-corrected chi connectivity index (χ1v) is 8.33. The SMILES string of the molecule is CCCCCOc1ccc(C2CCC(C=CF)CC2)cc1. The molecule has 0 bridgehead atoms. The second-order valence-corrected chi connectivity index (χ2v) is 6.05. The summed E-state index contributed by atoms with van der Waals surface area (Å²) in [6, 6.07) is 8.58. The molecule has 1 aliphatic rings. The highest BCUT2D eigenvalue weighted by atomic mass is 19.1. The fourth-order valence-corrected chi connectivity index (χ4v) is 3.13. The van der Waals surface area contributed by atoms with Crippen LogP contribution in [0.4, 0.5) is 4.39 Å². The molecule has 1 aromatic carbocycles. The van der Waals surface area contributed by atoms with E-state index in [0.717, 1.165) is 44.5 Å². The van der Waals surface area contributed by atoms with E-state index in [0.29, 0.717) is 18.2 Å². The molecule has 0 atom stereocenters. The first-order chi connectivity index (χ1) is 10.3. The van der Waals surface area contributed by atoms with Crippen molar-refractivity contribution in [3.63, 3.8) is 0 Å². The van der Waals surface area contributed by atoms with Crippen molar-refractivity contribution in [3.05, 3.63) is 42.2 Å². The third kappa shape index (κ3) is 5.18. The molecule has 0 amide bonds. The zero-order valence-electron chi connectivity index (χ0n) is 13.1. The summed E-state index contributed by atoms with van der Waals surface area (Å²) in [6.07, 6.45) is 10.5. The Morgan fingerprint density at radius 3 is 2.43 bits per heavy atom. The standard InChI is InChI=1S/C19H27FO/c1-2-3-4-15-21-19-11-9-18(10-12-19)17-7-5-16(6-8-17)13-14-20/h9-14,16-17H,2-8,15H2,1H3. The summed E-state index contributed by atoms with van der Waals surface area (Å²) < 4.78 is 17.9. The predicted molar refractivity (Wildman–Crippen MR) is 86.4 cm³/mol. The highest BCUT2D eigenvalue weighted by molar-refractivity contribution is 5.29. The third-order valence-corrected chi connectivity index (χ3v) is 4.48. The molecule has 1 aliphatic carbocycles. The fourth-order valence-electron chi connectivity index (χ4n) is 3.13. The molecule has 2 rings (SSSR count). The van der Waals surface area contributed by atoms with Crippen LogP contribution in [0.3, 0.4) is 0 Å². The van der Waals surface area contributed by atoms with Crippen molar-refractivity contribution < 1.29 is 9.13 Å². The van der Waals surface area contributed by atoms with E-state index in [1.165, 1.54) is 18.4 Å². The summed E-state index contributed by atoms with van der Waals surface area (Å²) in [7, 11) is 0. The Balaban J connectivity index is 1.79. The van der Waals surface area contributed by atoms with Crippen LogP contribution in [0, 0.1) is 5.92 Å². The van der Waals surface area contributed by atoms with Crippen LogP contribution in [-0.4, -0.2) is 6.61 Å². The van der Waals surface area contributed by atoms with Crippen LogP contribution < -0.4 is 4.74 Å². The molecule has 0 aromatic heterocycles. The van der Waals surface area contributed by atoms with E-state index in [2.05, 4.69) is 31.2 Å². The van der Waals surface area contributed by atoms with Crippen molar-refractivity contribution in [2.45, 2.75) is 57.8 Å². The van der Waals surface area contributed by atoms with Crippen molar-refractivity contribution in [3.8, 4) is 5.75 Å². The zero-order valence-corrected chi connectivity index (χ0v) is 13.1. The predicted octanol–water partition coefficient (Wildman–Crippen LogP) is 6.01. The van der Waals surface area contributed by atoms with E-state index in [1.807, 2.05) is 0 Å². The summed E-state index contributed by atoms with van der Waals surface area (Å²) in [5.41, 5.74) is 1.40. The smallest absolute Gasteiger partial charge is 0.119 e.